The van der Waals surface area contributed by atoms with Crippen LogP contribution in [0.15, 0.2) is 70.7 Å². The molecule has 4 aromatic rings. The van der Waals surface area contributed by atoms with Crippen LogP contribution in [0.5, 0.6) is 0 Å². The molecule has 1 aliphatic rings. The van der Waals surface area contributed by atoms with Crippen molar-refractivity contribution >= 4 is 38.9 Å². The van der Waals surface area contributed by atoms with E-state index in [1.54, 1.807) is 18.5 Å². The first-order valence-electron chi connectivity index (χ1n) is 13.8. The Labute approximate surface area is 243 Å². The third kappa shape index (κ3) is 6.06. The number of fused-ring (bicyclic) bond motifs is 1. The van der Waals surface area contributed by atoms with Gasteiger partial charge in [0.15, 0.2) is 5.78 Å². The van der Waals surface area contributed by atoms with E-state index in [9.17, 15) is 4.79 Å². The van der Waals surface area contributed by atoms with Gasteiger partial charge in [-0.25, -0.2) is 9.51 Å². The number of carbonyl (C=O) groups excluding carboxylic acids is 1. The van der Waals surface area contributed by atoms with Crippen LogP contribution in [0.1, 0.15) is 74.2 Å². The van der Waals surface area contributed by atoms with Crippen molar-refractivity contribution in [2.75, 3.05) is 4.90 Å². The summed E-state index contributed by atoms with van der Waals surface area (Å²) < 4.78 is 4.61. The summed E-state index contributed by atoms with van der Waals surface area (Å²) >= 11 is 3.38. The van der Waals surface area contributed by atoms with Crippen molar-refractivity contribution < 1.29 is 4.79 Å². The number of aryl methyl sites for hydroxylation is 1. The second-order valence-electron chi connectivity index (χ2n) is 10.7. The molecule has 3 atom stereocenters. The van der Waals surface area contributed by atoms with Crippen LogP contribution in [0.3, 0.4) is 0 Å². The number of anilines is 1. The Balaban J connectivity index is 1.35. The molecule has 5 rings (SSSR count). The molecule has 40 heavy (non-hydrogen) atoms. The van der Waals surface area contributed by atoms with Crippen LogP contribution in [0.4, 0.5) is 5.82 Å². The topological polar surface area (TPSA) is 93.6 Å². The predicted octanol–water partition coefficient (Wildman–Crippen LogP) is 6.37. The Morgan fingerprint density at radius 2 is 1.98 bits per heavy atom. The molecule has 0 amide bonds. The highest BCUT2D eigenvalue weighted by molar-refractivity contribution is 9.10. The largest absolute Gasteiger partial charge is 0.303 e. The highest BCUT2D eigenvalue weighted by Gasteiger charge is 2.29. The van der Waals surface area contributed by atoms with Gasteiger partial charge in [0.1, 0.15) is 17.3 Å². The summed E-state index contributed by atoms with van der Waals surface area (Å²) in [6, 6.07) is 9.82. The normalized spacial score (nSPS) is 16.8. The standard InChI is InChI=1S/C30H35BrN8O/c1-5-20(2)16-25-27-10-7-22(19-38(27)36-35-25)26-12-14-32-29(39(26)30-13-15-34-37(30)4)11-6-21(3)17-28(40)24-9-8-23(31)18-33-24/h7-10,12-15,18-21,26H,5-6,11,16-17H2,1-4H3. The molecule has 0 fully saturated rings. The second kappa shape index (κ2) is 12.2. The highest BCUT2D eigenvalue weighted by atomic mass is 79.9. The minimum absolute atomic E-state index is 0.0562. The number of Topliss-reactive ketones (excluding diaryl/α,β-unsaturated/α-hetero) is 1. The number of ketones is 1. The van der Waals surface area contributed by atoms with Crippen molar-refractivity contribution in [1.29, 1.82) is 0 Å². The van der Waals surface area contributed by atoms with Gasteiger partial charge in [-0.15, -0.1) is 5.10 Å². The van der Waals surface area contributed by atoms with Gasteiger partial charge in [0.25, 0.3) is 0 Å². The molecule has 0 aromatic carbocycles. The fourth-order valence-electron chi connectivity index (χ4n) is 5.04. The zero-order valence-electron chi connectivity index (χ0n) is 23.4. The third-order valence-corrected chi connectivity index (χ3v) is 8.06. The smallest absolute Gasteiger partial charge is 0.181 e. The molecule has 10 heteroatoms. The lowest BCUT2D eigenvalue weighted by Crippen LogP contribution is -2.37. The molecule has 4 aromatic heterocycles. The van der Waals surface area contributed by atoms with Gasteiger partial charge in [-0.1, -0.05) is 38.5 Å². The van der Waals surface area contributed by atoms with E-state index >= 15 is 0 Å². The monoisotopic (exact) mass is 602 g/mol. The van der Waals surface area contributed by atoms with Crippen LogP contribution in [0.25, 0.3) is 5.52 Å². The lowest BCUT2D eigenvalue weighted by Gasteiger charge is -2.34. The summed E-state index contributed by atoms with van der Waals surface area (Å²) in [6.07, 6.45) is 13.5. The van der Waals surface area contributed by atoms with Crippen LogP contribution < -0.4 is 4.90 Å². The van der Waals surface area contributed by atoms with Gasteiger partial charge in [-0.3, -0.25) is 14.5 Å². The number of pyridine rings is 2. The molecule has 3 unspecified atom stereocenters. The van der Waals surface area contributed by atoms with Crippen LogP contribution in [-0.2, 0) is 13.5 Å². The van der Waals surface area contributed by atoms with Crippen molar-refractivity contribution in [2.45, 2.75) is 58.9 Å². The first-order chi connectivity index (χ1) is 19.3. The van der Waals surface area contributed by atoms with Crippen LogP contribution in [0, 0.1) is 11.8 Å². The summed E-state index contributed by atoms with van der Waals surface area (Å²) in [6.45, 7) is 6.55. The molecule has 9 nitrogen and oxygen atoms in total. The molecule has 0 saturated carbocycles. The highest BCUT2D eigenvalue weighted by Crippen LogP contribution is 2.33. The maximum absolute atomic E-state index is 12.8. The van der Waals surface area contributed by atoms with Gasteiger partial charge in [0.2, 0.25) is 0 Å². The van der Waals surface area contributed by atoms with Crippen molar-refractivity contribution in [2.24, 2.45) is 23.9 Å². The number of nitrogens with zero attached hydrogens (tertiary/aromatic N) is 8. The van der Waals surface area contributed by atoms with Gasteiger partial charge in [-0.2, -0.15) is 5.10 Å². The van der Waals surface area contributed by atoms with Crippen molar-refractivity contribution in [3.63, 3.8) is 0 Å². The Bertz CT molecular complexity index is 1540. The molecule has 0 saturated heterocycles. The first-order valence-corrected chi connectivity index (χ1v) is 14.6. The number of hydrogen-bond donors (Lipinski definition) is 0. The van der Waals surface area contributed by atoms with Gasteiger partial charge >= 0.3 is 0 Å². The zero-order valence-corrected chi connectivity index (χ0v) is 25.0. The predicted molar refractivity (Wildman–Crippen MR) is 160 cm³/mol. The third-order valence-electron chi connectivity index (χ3n) is 7.59. The fourth-order valence-corrected chi connectivity index (χ4v) is 5.27. The Hall–Kier alpha value is -3.66. The summed E-state index contributed by atoms with van der Waals surface area (Å²) in [5, 5.41) is 13.3. The molecule has 1 aliphatic heterocycles. The lowest BCUT2D eigenvalue weighted by molar-refractivity contribution is 0.0958. The number of hydrogen-bond acceptors (Lipinski definition) is 7. The SMILES string of the molecule is CCC(C)Cc1nnn2cc(C3C=CN=C(CCC(C)CC(=O)c4ccc(Br)cn4)N3c3ccnn3C)ccc12. The van der Waals surface area contributed by atoms with Crippen molar-refractivity contribution in [1.82, 2.24) is 29.6 Å². The summed E-state index contributed by atoms with van der Waals surface area (Å²) in [5.74, 6) is 2.68. The number of amidine groups is 1. The van der Waals surface area contributed by atoms with Crippen molar-refractivity contribution in [3.05, 3.63) is 82.6 Å². The number of halogens is 1. The van der Waals surface area contributed by atoms with E-state index in [4.69, 9.17) is 4.99 Å². The number of rotatable bonds is 11. The van der Waals surface area contributed by atoms with Gasteiger partial charge in [0.05, 0.1) is 23.4 Å². The average Bonchev–Trinajstić information content (AvgIpc) is 3.57. The van der Waals surface area contributed by atoms with Gasteiger partial charge in [0, 0.05) is 49.0 Å². The average molecular weight is 604 g/mol. The number of carbonyl (C=O) groups is 1. The van der Waals surface area contributed by atoms with E-state index < -0.39 is 0 Å². The Kier molecular flexibility index (Phi) is 8.54. The quantitative estimate of drug-likeness (QED) is 0.185. The van der Waals surface area contributed by atoms with Crippen molar-refractivity contribution in [3.8, 4) is 0 Å². The van der Waals surface area contributed by atoms with E-state index in [-0.39, 0.29) is 17.7 Å². The number of aliphatic imine (C=N–C) groups is 1. The minimum Gasteiger partial charge on any atom is -0.303 e. The van der Waals surface area contributed by atoms with Gasteiger partial charge in [-0.05, 0) is 70.4 Å². The summed E-state index contributed by atoms with van der Waals surface area (Å²) in [4.78, 5) is 24.1. The molecule has 0 N–H and O–H groups in total. The zero-order chi connectivity index (χ0) is 28.2. The lowest BCUT2D eigenvalue weighted by atomic mass is 9.96. The van der Waals surface area contributed by atoms with E-state index in [0.717, 1.165) is 58.6 Å². The Morgan fingerprint density at radius 1 is 1.12 bits per heavy atom. The number of aromatic nitrogens is 6. The van der Waals surface area contributed by atoms with E-state index in [1.807, 2.05) is 34.6 Å². The van der Waals surface area contributed by atoms with E-state index in [2.05, 4.69) is 86.4 Å². The Morgan fingerprint density at radius 3 is 2.70 bits per heavy atom. The fraction of sp³-hybridized carbons (Fsp3) is 0.400. The molecule has 208 valence electrons. The maximum Gasteiger partial charge on any atom is 0.181 e. The van der Waals surface area contributed by atoms with Crippen LogP contribution >= 0.6 is 15.9 Å². The molecule has 0 spiro atoms. The molecule has 0 radical (unpaired) electrons. The molecule has 0 bridgehead atoms. The summed E-state index contributed by atoms with van der Waals surface area (Å²) in [7, 11) is 1.94. The summed E-state index contributed by atoms with van der Waals surface area (Å²) in [5.41, 5.74) is 3.67. The molecular weight excluding hydrogens is 568 g/mol. The van der Waals surface area contributed by atoms with E-state index in [0.29, 0.717) is 18.0 Å². The second-order valence-corrected chi connectivity index (χ2v) is 11.6. The molecular formula is C30H35BrN8O. The van der Waals surface area contributed by atoms with Crippen LogP contribution in [-0.4, -0.2) is 41.2 Å². The van der Waals surface area contributed by atoms with Crippen LogP contribution in [0.2, 0.25) is 0 Å². The minimum atomic E-state index is -0.0848. The molecule has 0 aliphatic carbocycles. The van der Waals surface area contributed by atoms with Gasteiger partial charge < -0.3 is 4.90 Å². The maximum atomic E-state index is 12.8. The molecule has 5 heterocycles. The van der Waals surface area contributed by atoms with E-state index in [1.165, 1.54) is 0 Å². The first kappa shape index (κ1) is 27.9.